The van der Waals surface area contributed by atoms with E-state index in [-0.39, 0.29) is 5.88 Å². The van der Waals surface area contributed by atoms with Crippen LogP contribution in [0, 0.1) is 11.3 Å². The lowest BCUT2D eigenvalue weighted by Crippen LogP contribution is -2.00. The van der Waals surface area contributed by atoms with Crippen LogP contribution in [0.4, 0.5) is 5.69 Å². The van der Waals surface area contributed by atoms with Gasteiger partial charge in [0.05, 0.1) is 17.9 Å². The van der Waals surface area contributed by atoms with E-state index in [9.17, 15) is 0 Å². The number of rotatable bonds is 5. The van der Waals surface area contributed by atoms with Gasteiger partial charge < -0.3 is 15.2 Å². The molecule has 5 nitrogen and oxygen atoms in total. The zero-order valence-corrected chi connectivity index (χ0v) is 11.2. The molecule has 102 valence electrons. The number of aromatic nitrogens is 1. The van der Waals surface area contributed by atoms with Crippen molar-refractivity contribution in [1.29, 1.82) is 5.26 Å². The van der Waals surface area contributed by atoms with Gasteiger partial charge >= 0.3 is 0 Å². The molecule has 0 aliphatic carbocycles. The predicted molar refractivity (Wildman–Crippen MR) is 75.7 cm³/mol. The second kappa shape index (κ2) is 6.43. The first-order valence-corrected chi connectivity index (χ1v) is 6.30. The van der Waals surface area contributed by atoms with Gasteiger partial charge in [-0.05, 0) is 24.6 Å². The highest BCUT2D eigenvalue weighted by Gasteiger charge is 2.09. The van der Waals surface area contributed by atoms with E-state index in [4.69, 9.17) is 20.5 Å². The summed E-state index contributed by atoms with van der Waals surface area (Å²) in [6.45, 7) is 2.64. The van der Waals surface area contributed by atoms with E-state index < -0.39 is 0 Å². The molecule has 0 atom stereocenters. The van der Waals surface area contributed by atoms with Gasteiger partial charge in [-0.25, -0.2) is 4.98 Å². The number of benzene rings is 1. The first-order valence-electron chi connectivity index (χ1n) is 6.30. The van der Waals surface area contributed by atoms with Crippen molar-refractivity contribution in [2.45, 2.75) is 13.3 Å². The van der Waals surface area contributed by atoms with Crippen molar-refractivity contribution in [3.05, 3.63) is 42.1 Å². The lowest BCUT2D eigenvalue weighted by atomic mass is 10.3. The smallest absolute Gasteiger partial charge is 0.242 e. The van der Waals surface area contributed by atoms with Gasteiger partial charge in [-0.15, -0.1) is 0 Å². The van der Waals surface area contributed by atoms with Crippen LogP contribution in [0.5, 0.6) is 17.4 Å². The van der Waals surface area contributed by atoms with Crippen LogP contribution in [0.3, 0.4) is 0 Å². The summed E-state index contributed by atoms with van der Waals surface area (Å²) < 4.78 is 11.3. The molecule has 0 unspecified atom stereocenters. The van der Waals surface area contributed by atoms with Crippen LogP contribution in [0.15, 0.2) is 36.5 Å². The molecule has 0 bridgehead atoms. The van der Waals surface area contributed by atoms with Crippen LogP contribution in [-0.4, -0.2) is 11.6 Å². The van der Waals surface area contributed by atoms with E-state index in [2.05, 4.69) is 4.98 Å². The first kappa shape index (κ1) is 13.7. The number of pyridine rings is 1. The maximum Gasteiger partial charge on any atom is 0.242 e. The van der Waals surface area contributed by atoms with Gasteiger partial charge in [0.15, 0.2) is 11.5 Å². The fourth-order valence-corrected chi connectivity index (χ4v) is 1.59. The monoisotopic (exact) mass is 269 g/mol. The molecule has 1 aromatic heterocycles. The molecule has 0 aliphatic rings. The Morgan fingerprint density at radius 1 is 1.30 bits per heavy atom. The average molecular weight is 269 g/mol. The van der Waals surface area contributed by atoms with Crippen LogP contribution in [-0.2, 0) is 0 Å². The van der Waals surface area contributed by atoms with Crippen molar-refractivity contribution in [1.82, 2.24) is 4.98 Å². The second-order valence-electron chi connectivity index (χ2n) is 4.13. The molecular formula is C15H15N3O2. The Hall–Kier alpha value is -2.74. The van der Waals surface area contributed by atoms with Crippen LogP contribution in [0.25, 0.3) is 0 Å². The zero-order valence-electron chi connectivity index (χ0n) is 11.2. The number of anilines is 1. The van der Waals surface area contributed by atoms with Crippen molar-refractivity contribution in [2.75, 3.05) is 12.3 Å². The molecule has 0 aliphatic heterocycles. The van der Waals surface area contributed by atoms with Gasteiger partial charge in [0.1, 0.15) is 6.07 Å². The molecule has 0 saturated carbocycles. The number of nitrogens with zero attached hydrogens (tertiary/aromatic N) is 2. The lowest BCUT2D eigenvalue weighted by Gasteiger charge is -2.12. The maximum atomic E-state index is 8.78. The van der Waals surface area contributed by atoms with E-state index in [1.54, 1.807) is 6.07 Å². The normalized spacial score (nSPS) is 9.80. The van der Waals surface area contributed by atoms with Crippen LogP contribution in [0.2, 0.25) is 0 Å². The SMILES string of the molecule is CCCOc1ccccc1Oc1ncc(C#N)cc1N. The number of ether oxygens (including phenoxy) is 2. The molecule has 0 saturated heterocycles. The van der Waals surface area contributed by atoms with Gasteiger partial charge in [0.25, 0.3) is 0 Å². The Morgan fingerprint density at radius 2 is 2.05 bits per heavy atom. The molecule has 0 radical (unpaired) electrons. The highest BCUT2D eigenvalue weighted by atomic mass is 16.5. The quantitative estimate of drug-likeness (QED) is 0.901. The molecule has 0 spiro atoms. The molecule has 0 amide bonds. The number of hydrogen-bond acceptors (Lipinski definition) is 5. The van der Waals surface area contributed by atoms with Gasteiger partial charge in [-0.3, -0.25) is 0 Å². The number of nitriles is 1. The fourth-order valence-electron chi connectivity index (χ4n) is 1.59. The average Bonchev–Trinajstić information content (AvgIpc) is 2.48. The van der Waals surface area contributed by atoms with Crippen molar-refractivity contribution in [2.24, 2.45) is 0 Å². The van der Waals surface area contributed by atoms with E-state index in [0.29, 0.717) is 29.4 Å². The Balaban J connectivity index is 2.24. The number of nitrogens with two attached hydrogens (primary N) is 1. The Morgan fingerprint density at radius 3 is 2.70 bits per heavy atom. The topological polar surface area (TPSA) is 81.2 Å². The van der Waals surface area contributed by atoms with Crippen molar-refractivity contribution < 1.29 is 9.47 Å². The molecular weight excluding hydrogens is 254 g/mol. The van der Waals surface area contributed by atoms with Crippen molar-refractivity contribution in [3.63, 3.8) is 0 Å². The van der Waals surface area contributed by atoms with Gasteiger partial charge in [0, 0.05) is 6.20 Å². The number of para-hydroxylation sites is 2. The van der Waals surface area contributed by atoms with Crippen LogP contribution >= 0.6 is 0 Å². The highest BCUT2D eigenvalue weighted by Crippen LogP contribution is 2.32. The molecule has 0 fully saturated rings. The van der Waals surface area contributed by atoms with E-state index in [1.165, 1.54) is 12.3 Å². The zero-order chi connectivity index (χ0) is 14.4. The molecule has 20 heavy (non-hydrogen) atoms. The van der Waals surface area contributed by atoms with Gasteiger partial charge in [0.2, 0.25) is 5.88 Å². The van der Waals surface area contributed by atoms with E-state index in [1.807, 2.05) is 31.2 Å². The molecule has 2 rings (SSSR count). The van der Waals surface area contributed by atoms with Crippen molar-refractivity contribution >= 4 is 5.69 Å². The minimum absolute atomic E-state index is 0.261. The minimum Gasteiger partial charge on any atom is -0.490 e. The van der Waals surface area contributed by atoms with Gasteiger partial charge in [-0.1, -0.05) is 19.1 Å². The van der Waals surface area contributed by atoms with Crippen molar-refractivity contribution in [3.8, 4) is 23.4 Å². The van der Waals surface area contributed by atoms with Crippen LogP contribution in [0.1, 0.15) is 18.9 Å². The fraction of sp³-hybridized carbons (Fsp3) is 0.200. The van der Waals surface area contributed by atoms with E-state index in [0.717, 1.165) is 6.42 Å². The summed E-state index contributed by atoms with van der Waals surface area (Å²) in [5.41, 5.74) is 6.52. The van der Waals surface area contributed by atoms with Crippen LogP contribution < -0.4 is 15.2 Å². The maximum absolute atomic E-state index is 8.78. The number of hydrogen-bond donors (Lipinski definition) is 1. The molecule has 5 heteroatoms. The third-order valence-electron chi connectivity index (χ3n) is 2.53. The highest BCUT2D eigenvalue weighted by molar-refractivity contribution is 5.54. The van der Waals surface area contributed by atoms with E-state index >= 15 is 0 Å². The molecule has 1 heterocycles. The lowest BCUT2D eigenvalue weighted by molar-refractivity contribution is 0.301. The third-order valence-corrected chi connectivity index (χ3v) is 2.53. The van der Waals surface area contributed by atoms with Gasteiger partial charge in [-0.2, -0.15) is 5.26 Å². The molecule has 2 N–H and O–H groups in total. The standard InChI is InChI=1S/C15H15N3O2/c1-2-7-19-13-5-3-4-6-14(13)20-15-12(17)8-11(9-16)10-18-15/h3-6,8,10H,2,7,17H2,1H3. The summed E-state index contributed by atoms with van der Waals surface area (Å²) in [4.78, 5) is 4.04. The summed E-state index contributed by atoms with van der Waals surface area (Å²) in [6, 6.07) is 10.8. The summed E-state index contributed by atoms with van der Waals surface area (Å²) in [6.07, 6.45) is 2.33. The Kier molecular flexibility index (Phi) is 4.40. The number of nitrogen functional groups attached to an aromatic ring is 1. The Bertz CT molecular complexity index is 635. The summed E-state index contributed by atoms with van der Waals surface area (Å²) in [5, 5.41) is 8.78. The second-order valence-corrected chi connectivity index (χ2v) is 4.13. The first-order chi connectivity index (χ1) is 9.74. The summed E-state index contributed by atoms with van der Waals surface area (Å²) in [5.74, 6) is 1.45. The third kappa shape index (κ3) is 3.18. The minimum atomic E-state index is 0.261. The predicted octanol–water partition coefficient (Wildman–Crippen LogP) is 3.12. The molecule has 2 aromatic rings. The summed E-state index contributed by atoms with van der Waals surface area (Å²) in [7, 11) is 0. The summed E-state index contributed by atoms with van der Waals surface area (Å²) >= 11 is 0. The molecule has 1 aromatic carbocycles. The largest absolute Gasteiger partial charge is 0.490 e. The Labute approximate surface area is 117 Å².